The second-order valence-corrected chi connectivity index (χ2v) is 24.4. The van der Waals surface area contributed by atoms with Gasteiger partial charge in [-0.05, 0) is 96.1 Å². The summed E-state index contributed by atoms with van der Waals surface area (Å²) in [5, 5.41) is 14.1. The van der Waals surface area contributed by atoms with E-state index in [9.17, 15) is 5.26 Å². The Kier molecular flexibility index (Phi) is 14.6. The zero-order valence-corrected chi connectivity index (χ0v) is 53.5. The van der Waals surface area contributed by atoms with Crippen molar-refractivity contribution < 1.29 is 0 Å². The molecule has 0 aliphatic carbocycles. The summed E-state index contributed by atoms with van der Waals surface area (Å²) in [7, 11) is 0. The normalized spacial score (nSPS) is 11.4. The summed E-state index contributed by atoms with van der Waals surface area (Å²) < 4.78 is 4.76. The molecule has 0 amide bonds. The molecule has 0 atom stereocenters. The highest BCUT2D eigenvalue weighted by molar-refractivity contribution is 6.13. The summed E-state index contributed by atoms with van der Waals surface area (Å²) in [5.74, 6) is 5.08. The topological polar surface area (TPSA) is 150 Å². The van der Waals surface area contributed by atoms with Gasteiger partial charge in [-0.25, -0.2) is 44.9 Å². The van der Waals surface area contributed by atoms with Gasteiger partial charge in [-0.3, -0.25) is 0 Å². The maximum Gasteiger partial charge on any atom is 0.164 e. The van der Waals surface area contributed by atoms with Crippen LogP contribution in [0.15, 0.2) is 328 Å². The highest BCUT2D eigenvalue weighted by atomic mass is 15.1. The lowest BCUT2D eigenvalue weighted by Gasteiger charge is -2.21. The van der Waals surface area contributed by atoms with Crippen LogP contribution in [0.4, 0.5) is 0 Å². The van der Waals surface area contributed by atoms with Crippen LogP contribution in [0.3, 0.4) is 0 Å². The highest BCUT2D eigenvalue weighted by Crippen LogP contribution is 2.45. The van der Waals surface area contributed by atoms with E-state index in [2.05, 4.69) is 137 Å². The van der Waals surface area contributed by atoms with Gasteiger partial charge >= 0.3 is 0 Å². The van der Waals surface area contributed by atoms with Crippen molar-refractivity contribution >= 4 is 43.6 Å². The van der Waals surface area contributed by atoms with Gasteiger partial charge in [-0.2, -0.15) is 5.26 Å². The molecule has 466 valence electrons. The fraction of sp³-hybridized carbons (Fsp3) is 0. The minimum absolute atomic E-state index is 0.513. The van der Waals surface area contributed by atoms with E-state index in [-0.39, 0.29) is 0 Å². The summed E-state index contributed by atoms with van der Waals surface area (Å²) in [6, 6.07) is 114. The molecule has 18 aromatic rings. The molecule has 5 heterocycles. The van der Waals surface area contributed by atoms with Gasteiger partial charge in [-0.1, -0.05) is 243 Å². The number of hydrogen-bond donors (Lipinski definition) is 0. The van der Waals surface area contributed by atoms with Crippen LogP contribution in [0, 0.1) is 11.3 Å². The Labute approximate surface area is 574 Å². The second kappa shape index (κ2) is 25.0. The fourth-order valence-electron chi connectivity index (χ4n) is 13.5. The lowest BCUT2D eigenvalue weighted by molar-refractivity contribution is 1.07. The Hall–Kier alpha value is -14.0. The van der Waals surface area contributed by atoms with Crippen LogP contribution in [0.2, 0.25) is 0 Å². The molecule has 5 aromatic heterocycles. The molecule has 13 aromatic carbocycles. The summed E-state index contributed by atoms with van der Waals surface area (Å²) in [6.45, 7) is 0. The number of fused-ring (bicyclic) bond motifs is 6. The van der Waals surface area contributed by atoms with Crippen LogP contribution in [0.25, 0.3) is 180 Å². The number of para-hydroxylation sites is 2. The average Bonchev–Trinajstić information content (AvgIpc) is 1.55. The van der Waals surface area contributed by atoms with Crippen molar-refractivity contribution in [2.45, 2.75) is 0 Å². The van der Waals surface area contributed by atoms with Gasteiger partial charge in [0.15, 0.2) is 52.4 Å². The van der Waals surface area contributed by atoms with Crippen LogP contribution in [0.1, 0.15) is 5.56 Å². The minimum atomic E-state index is 0.513. The van der Waals surface area contributed by atoms with Gasteiger partial charge in [0, 0.05) is 82.7 Å². The van der Waals surface area contributed by atoms with Gasteiger partial charge in [0.2, 0.25) is 0 Å². The third kappa shape index (κ3) is 10.7. The average molecular weight is 1280 g/mol. The number of nitrogens with zero attached hydrogens (tertiary/aromatic N) is 12. The quantitative estimate of drug-likeness (QED) is 0.109. The molecule has 0 fully saturated rings. The van der Waals surface area contributed by atoms with Crippen molar-refractivity contribution in [3.8, 4) is 142 Å². The second-order valence-electron chi connectivity index (χ2n) is 24.4. The fourth-order valence-corrected chi connectivity index (χ4v) is 13.5. The Morgan fingerprint density at radius 3 is 0.860 bits per heavy atom. The Bertz CT molecular complexity index is 6020. The van der Waals surface area contributed by atoms with Gasteiger partial charge in [0.25, 0.3) is 0 Å². The van der Waals surface area contributed by atoms with Crippen molar-refractivity contribution in [3.63, 3.8) is 0 Å². The van der Waals surface area contributed by atoms with Gasteiger partial charge in [0.05, 0.1) is 45.1 Å². The molecule has 0 unspecified atom stereocenters. The molecule has 0 N–H and O–H groups in total. The zero-order chi connectivity index (χ0) is 66.5. The molecule has 12 nitrogen and oxygen atoms in total. The van der Waals surface area contributed by atoms with Crippen molar-refractivity contribution in [2.24, 2.45) is 0 Å². The summed E-state index contributed by atoms with van der Waals surface area (Å²) in [4.78, 5) is 46.6. The van der Waals surface area contributed by atoms with Crippen LogP contribution >= 0.6 is 0 Å². The Morgan fingerprint density at radius 2 is 0.490 bits per heavy atom. The molecule has 0 aliphatic heterocycles. The first kappa shape index (κ1) is 58.5. The first-order valence-corrected chi connectivity index (χ1v) is 33.0. The van der Waals surface area contributed by atoms with E-state index in [0.29, 0.717) is 58.0 Å². The lowest BCUT2D eigenvalue weighted by atomic mass is 9.94. The van der Waals surface area contributed by atoms with E-state index in [0.717, 1.165) is 127 Å². The molecule has 100 heavy (non-hydrogen) atoms. The molecular formula is C88H54N12. The van der Waals surface area contributed by atoms with Crippen LogP contribution in [-0.2, 0) is 0 Å². The standard InChI is InChI=1S/C88H54N12/c89-55-56-39-41-57(42-40-56)64-43-47-70(79(54-64)100-75-38-22-20-36-69(75)72-52-66(46-50-78(72)100)87-95-82(60-27-11-3-12-28-60)91-83(96-87)61-29-13-4-14-30-61)73-53-67(88-97-84(62-31-15-5-16-32-62)92-85(98-88)63-33-17-6-18-34-63)45-49-77(73)99-74-37-21-19-35-68(74)71-51-65(44-48-76(71)99)86-93-80(58-23-7-1-8-24-58)90-81(94-86)59-25-9-2-10-26-59/h1-54H. The van der Waals surface area contributed by atoms with E-state index in [1.54, 1.807) is 0 Å². The number of nitriles is 1. The SMILES string of the molecule is N#Cc1ccc(-c2ccc(-c3cc(-c4nc(-c5ccccc5)nc(-c5ccccc5)n4)ccc3-n3c4ccccc4c4cc(-c5nc(-c6ccccc6)nc(-c6ccccc6)n5)ccc43)c(-n3c4ccccc4c4cc(-c5nc(-c6ccccc6)nc(-c6ccccc6)n5)ccc43)c2)cc1. The number of rotatable bonds is 13. The van der Waals surface area contributed by atoms with Crippen LogP contribution < -0.4 is 0 Å². The molecular weight excluding hydrogens is 1230 g/mol. The lowest BCUT2D eigenvalue weighted by Crippen LogP contribution is -2.04. The summed E-state index contributed by atoms with van der Waals surface area (Å²) in [6.07, 6.45) is 0. The molecule has 0 aliphatic rings. The van der Waals surface area contributed by atoms with E-state index in [1.807, 2.05) is 206 Å². The Balaban J connectivity index is 0.892. The predicted molar refractivity (Wildman–Crippen MR) is 400 cm³/mol. The van der Waals surface area contributed by atoms with E-state index in [4.69, 9.17) is 44.9 Å². The van der Waals surface area contributed by atoms with Crippen molar-refractivity contribution in [1.82, 2.24) is 54.0 Å². The number of aromatic nitrogens is 11. The molecule has 0 bridgehead atoms. The Morgan fingerprint density at radius 1 is 0.200 bits per heavy atom. The number of hydrogen-bond acceptors (Lipinski definition) is 10. The zero-order valence-electron chi connectivity index (χ0n) is 53.5. The molecule has 18 rings (SSSR count). The predicted octanol–water partition coefficient (Wildman–Crippen LogP) is 20.6. The van der Waals surface area contributed by atoms with Crippen LogP contribution in [-0.4, -0.2) is 54.0 Å². The van der Waals surface area contributed by atoms with Crippen molar-refractivity contribution in [1.29, 1.82) is 5.26 Å². The molecule has 12 heteroatoms. The maximum atomic E-state index is 10.0. The van der Waals surface area contributed by atoms with Crippen molar-refractivity contribution in [2.75, 3.05) is 0 Å². The maximum absolute atomic E-state index is 10.0. The third-order valence-corrected chi connectivity index (χ3v) is 18.3. The van der Waals surface area contributed by atoms with E-state index < -0.39 is 0 Å². The largest absolute Gasteiger partial charge is 0.309 e. The summed E-state index contributed by atoms with van der Waals surface area (Å²) >= 11 is 0. The first-order valence-electron chi connectivity index (χ1n) is 33.0. The first-order chi connectivity index (χ1) is 49.5. The smallest absolute Gasteiger partial charge is 0.164 e. The minimum Gasteiger partial charge on any atom is -0.309 e. The number of benzene rings is 13. The van der Waals surface area contributed by atoms with Gasteiger partial charge in [-0.15, -0.1) is 0 Å². The molecule has 0 saturated carbocycles. The highest BCUT2D eigenvalue weighted by Gasteiger charge is 2.25. The van der Waals surface area contributed by atoms with Gasteiger partial charge in [0.1, 0.15) is 0 Å². The van der Waals surface area contributed by atoms with E-state index >= 15 is 0 Å². The monoisotopic (exact) mass is 1280 g/mol. The van der Waals surface area contributed by atoms with Crippen LogP contribution in [0.5, 0.6) is 0 Å². The molecule has 0 saturated heterocycles. The van der Waals surface area contributed by atoms with E-state index in [1.165, 1.54) is 0 Å². The van der Waals surface area contributed by atoms with Crippen molar-refractivity contribution in [3.05, 3.63) is 333 Å². The summed E-state index contributed by atoms with van der Waals surface area (Å²) in [5.41, 5.74) is 17.9. The molecule has 0 spiro atoms. The molecule has 0 radical (unpaired) electrons. The third-order valence-electron chi connectivity index (χ3n) is 18.3. The van der Waals surface area contributed by atoms with Gasteiger partial charge < -0.3 is 9.13 Å².